The zero-order chi connectivity index (χ0) is 19.9. The average Bonchev–Trinajstić information content (AvgIpc) is 2.78. The third kappa shape index (κ3) is 3.62. The molecule has 2 heterocycles. The van der Waals surface area contributed by atoms with Gasteiger partial charge in [-0.25, -0.2) is 13.4 Å². The summed E-state index contributed by atoms with van der Waals surface area (Å²) in [7, 11) is -3.38. The first kappa shape index (κ1) is 18.9. The topological polar surface area (TPSA) is 59.5 Å². The average molecular weight is 425 g/mol. The van der Waals surface area contributed by atoms with E-state index in [4.69, 9.17) is 11.6 Å². The van der Waals surface area contributed by atoms with Crippen molar-refractivity contribution in [3.05, 3.63) is 59.1 Å². The number of anilines is 1. The van der Waals surface area contributed by atoms with E-state index in [-0.39, 0.29) is 18.0 Å². The first-order chi connectivity index (χ1) is 13.3. The molecule has 0 aliphatic carbocycles. The second kappa shape index (κ2) is 7.18. The molecule has 0 N–H and O–H groups in total. The molecule has 1 aromatic heterocycles. The zero-order valence-corrected chi connectivity index (χ0v) is 16.1. The molecule has 0 unspecified atom stereocenters. The van der Waals surface area contributed by atoms with Gasteiger partial charge in [-0.05, 0) is 35.9 Å². The fourth-order valence-corrected chi connectivity index (χ4v) is 4.99. The molecule has 1 aliphatic rings. The van der Waals surface area contributed by atoms with Gasteiger partial charge in [-0.15, -0.1) is 0 Å². The molecule has 4 rings (SSSR count). The standard InChI is InChI=1S/C19H15ClF2N2O3S/c20-15-10-18(23-16-6-5-13(9-14(15)16)27-19(21)22)24-7-8-28(25,26)17-4-2-1-3-12(17)11-24/h1-6,9-10,19H,7-8,11H2. The van der Waals surface area contributed by atoms with Crippen LogP contribution in [-0.2, 0) is 16.4 Å². The van der Waals surface area contributed by atoms with Crippen LogP contribution in [0.3, 0.4) is 0 Å². The maximum Gasteiger partial charge on any atom is 0.387 e. The van der Waals surface area contributed by atoms with Gasteiger partial charge in [0.1, 0.15) is 11.6 Å². The molecule has 0 spiro atoms. The van der Waals surface area contributed by atoms with Crippen molar-refractivity contribution in [2.45, 2.75) is 18.1 Å². The van der Waals surface area contributed by atoms with E-state index in [0.29, 0.717) is 38.7 Å². The van der Waals surface area contributed by atoms with E-state index < -0.39 is 16.4 Å². The fourth-order valence-electron chi connectivity index (χ4n) is 3.25. The van der Waals surface area contributed by atoms with Crippen LogP contribution < -0.4 is 9.64 Å². The van der Waals surface area contributed by atoms with Crippen molar-refractivity contribution in [2.75, 3.05) is 17.2 Å². The van der Waals surface area contributed by atoms with E-state index in [0.717, 1.165) is 0 Å². The summed E-state index contributed by atoms with van der Waals surface area (Å²) in [6.45, 7) is -2.29. The Bertz CT molecular complexity index is 1160. The lowest BCUT2D eigenvalue weighted by molar-refractivity contribution is -0.0497. The Balaban J connectivity index is 1.73. The maximum atomic E-state index is 12.5. The molecule has 0 bridgehead atoms. The fraction of sp³-hybridized carbons (Fsp3) is 0.211. The number of aromatic nitrogens is 1. The number of nitrogens with zero attached hydrogens (tertiary/aromatic N) is 2. The molecule has 0 atom stereocenters. The molecule has 0 radical (unpaired) electrons. The highest BCUT2D eigenvalue weighted by Gasteiger charge is 2.26. The summed E-state index contributed by atoms with van der Waals surface area (Å²) in [5.74, 6) is 0.475. The van der Waals surface area contributed by atoms with Crippen LogP contribution in [0.4, 0.5) is 14.6 Å². The third-order valence-electron chi connectivity index (χ3n) is 4.56. The minimum absolute atomic E-state index is 0.00579. The first-order valence-electron chi connectivity index (χ1n) is 8.44. The van der Waals surface area contributed by atoms with E-state index in [1.165, 1.54) is 12.1 Å². The van der Waals surface area contributed by atoms with E-state index in [1.54, 1.807) is 36.4 Å². The highest BCUT2D eigenvalue weighted by molar-refractivity contribution is 7.91. The Morgan fingerprint density at radius 2 is 1.93 bits per heavy atom. The van der Waals surface area contributed by atoms with E-state index in [9.17, 15) is 17.2 Å². The molecule has 0 fully saturated rings. The minimum atomic E-state index is -3.38. The summed E-state index contributed by atoms with van der Waals surface area (Å²) < 4.78 is 54.3. The molecular weight excluding hydrogens is 410 g/mol. The van der Waals surface area contributed by atoms with Gasteiger partial charge in [-0.3, -0.25) is 0 Å². The van der Waals surface area contributed by atoms with Crippen molar-refractivity contribution in [1.82, 2.24) is 4.98 Å². The van der Waals surface area contributed by atoms with Gasteiger partial charge in [0.05, 0.1) is 21.2 Å². The van der Waals surface area contributed by atoms with Crippen LogP contribution in [0.15, 0.2) is 53.4 Å². The summed E-state index contributed by atoms with van der Waals surface area (Å²) in [4.78, 5) is 6.72. The van der Waals surface area contributed by atoms with Gasteiger partial charge >= 0.3 is 6.61 Å². The minimum Gasteiger partial charge on any atom is -0.435 e. The van der Waals surface area contributed by atoms with Crippen LogP contribution in [0, 0.1) is 0 Å². The van der Waals surface area contributed by atoms with Crippen molar-refractivity contribution in [3.8, 4) is 5.75 Å². The van der Waals surface area contributed by atoms with Gasteiger partial charge in [-0.2, -0.15) is 8.78 Å². The smallest absolute Gasteiger partial charge is 0.387 e. The highest BCUT2D eigenvalue weighted by atomic mass is 35.5. The number of hydrogen-bond donors (Lipinski definition) is 0. The number of pyridine rings is 1. The van der Waals surface area contributed by atoms with E-state index in [1.807, 2.05) is 4.90 Å². The van der Waals surface area contributed by atoms with Gasteiger partial charge in [0, 0.05) is 18.5 Å². The quantitative estimate of drug-likeness (QED) is 0.628. The summed E-state index contributed by atoms with van der Waals surface area (Å²) in [5, 5.41) is 0.798. The molecule has 0 amide bonds. The van der Waals surface area contributed by atoms with Crippen LogP contribution in [0.1, 0.15) is 5.56 Å². The Hall–Kier alpha value is -2.45. The third-order valence-corrected chi connectivity index (χ3v) is 6.67. The van der Waals surface area contributed by atoms with Crippen molar-refractivity contribution in [2.24, 2.45) is 0 Å². The molecule has 3 aromatic rings. The normalized spacial score (nSPS) is 16.1. The largest absolute Gasteiger partial charge is 0.435 e. The van der Waals surface area contributed by atoms with Crippen molar-refractivity contribution >= 4 is 38.2 Å². The lowest BCUT2D eigenvalue weighted by Gasteiger charge is -2.22. The Labute approximate surface area is 165 Å². The molecule has 0 saturated carbocycles. The number of hydrogen-bond acceptors (Lipinski definition) is 5. The predicted octanol–water partition coefficient (Wildman–Crippen LogP) is 4.28. The van der Waals surface area contributed by atoms with Gasteiger partial charge in [-0.1, -0.05) is 29.8 Å². The second-order valence-corrected chi connectivity index (χ2v) is 8.85. The van der Waals surface area contributed by atoms with Crippen LogP contribution in [-0.4, -0.2) is 32.3 Å². The van der Waals surface area contributed by atoms with Gasteiger partial charge < -0.3 is 9.64 Å². The van der Waals surface area contributed by atoms with Crippen LogP contribution in [0.25, 0.3) is 10.9 Å². The Morgan fingerprint density at radius 1 is 1.14 bits per heavy atom. The Kier molecular flexibility index (Phi) is 4.84. The van der Waals surface area contributed by atoms with Crippen molar-refractivity contribution < 1.29 is 21.9 Å². The number of rotatable bonds is 3. The summed E-state index contributed by atoms with van der Waals surface area (Å²) >= 11 is 6.36. The van der Waals surface area contributed by atoms with Crippen LogP contribution in [0.2, 0.25) is 5.02 Å². The zero-order valence-electron chi connectivity index (χ0n) is 14.5. The monoisotopic (exact) mass is 424 g/mol. The molecule has 1 aliphatic heterocycles. The lowest BCUT2D eigenvalue weighted by Crippen LogP contribution is -2.26. The number of sulfone groups is 1. The van der Waals surface area contributed by atoms with E-state index in [2.05, 4.69) is 9.72 Å². The van der Waals surface area contributed by atoms with Crippen molar-refractivity contribution in [1.29, 1.82) is 0 Å². The van der Waals surface area contributed by atoms with Crippen LogP contribution >= 0.6 is 11.6 Å². The summed E-state index contributed by atoms with van der Waals surface area (Å²) in [6.07, 6.45) is 0. The SMILES string of the molecule is O=S1(=O)CCN(c2cc(Cl)c3cc(OC(F)F)ccc3n2)Cc2ccccc21. The summed E-state index contributed by atoms with van der Waals surface area (Å²) in [6, 6.07) is 12.8. The van der Waals surface area contributed by atoms with Crippen LogP contribution in [0.5, 0.6) is 5.75 Å². The highest BCUT2D eigenvalue weighted by Crippen LogP contribution is 2.32. The molecule has 0 saturated heterocycles. The molecule has 2 aromatic carbocycles. The van der Waals surface area contributed by atoms with Gasteiger partial charge in [0.15, 0.2) is 9.84 Å². The second-order valence-electron chi connectivity index (χ2n) is 6.37. The van der Waals surface area contributed by atoms with Crippen molar-refractivity contribution in [3.63, 3.8) is 0 Å². The molecule has 9 heteroatoms. The number of fused-ring (bicyclic) bond motifs is 2. The van der Waals surface area contributed by atoms with Gasteiger partial charge in [0.2, 0.25) is 0 Å². The number of halogens is 3. The maximum absolute atomic E-state index is 12.5. The number of benzene rings is 2. The van der Waals surface area contributed by atoms with E-state index >= 15 is 0 Å². The first-order valence-corrected chi connectivity index (χ1v) is 10.5. The molecular formula is C19H15ClF2N2O3S. The summed E-state index contributed by atoms with van der Waals surface area (Å²) in [5.41, 5.74) is 1.20. The molecule has 28 heavy (non-hydrogen) atoms. The van der Waals surface area contributed by atoms with Gasteiger partial charge in [0.25, 0.3) is 0 Å². The molecule has 5 nitrogen and oxygen atoms in total. The number of ether oxygens (including phenoxy) is 1. The predicted molar refractivity (Wildman–Crippen MR) is 103 cm³/mol. The Morgan fingerprint density at radius 3 is 2.71 bits per heavy atom. The lowest BCUT2D eigenvalue weighted by atomic mass is 10.2. The molecule has 146 valence electrons. The number of alkyl halides is 2.